The van der Waals surface area contributed by atoms with Crippen LogP contribution < -0.4 is 11.1 Å². The molecule has 0 spiro atoms. The molecule has 5 nitrogen and oxygen atoms in total. The molecule has 0 unspecified atom stereocenters. The molecule has 0 aliphatic carbocycles. The van der Waals surface area contributed by atoms with Crippen molar-refractivity contribution in [1.82, 2.24) is 5.32 Å². The SMILES string of the molecule is COC(=O)CCCNC(=O)[C@@H](N)CCSC. The first-order chi connectivity index (χ1) is 7.61. The summed E-state index contributed by atoms with van der Waals surface area (Å²) in [7, 11) is 1.35. The molecule has 94 valence electrons. The van der Waals surface area contributed by atoms with Crippen molar-refractivity contribution >= 4 is 23.6 Å². The number of carbonyl (C=O) groups excluding carboxylic acids is 2. The Hall–Kier alpha value is -0.750. The molecule has 1 atom stereocenters. The molecule has 16 heavy (non-hydrogen) atoms. The second-order valence-corrected chi connectivity index (χ2v) is 4.34. The van der Waals surface area contributed by atoms with E-state index in [1.807, 2.05) is 6.26 Å². The molecule has 0 aromatic rings. The van der Waals surface area contributed by atoms with Gasteiger partial charge in [-0.25, -0.2) is 0 Å². The number of ether oxygens (including phenoxy) is 1. The lowest BCUT2D eigenvalue weighted by Crippen LogP contribution is -2.41. The summed E-state index contributed by atoms with van der Waals surface area (Å²) >= 11 is 1.66. The van der Waals surface area contributed by atoms with E-state index in [-0.39, 0.29) is 11.9 Å². The van der Waals surface area contributed by atoms with Crippen molar-refractivity contribution in [2.24, 2.45) is 5.73 Å². The molecule has 6 heteroatoms. The molecule has 0 radical (unpaired) electrons. The molecule has 0 bridgehead atoms. The van der Waals surface area contributed by atoms with Gasteiger partial charge in [-0.05, 0) is 24.9 Å². The van der Waals surface area contributed by atoms with Crippen LogP contribution in [-0.4, -0.2) is 43.6 Å². The Morgan fingerprint density at radius 3 is 2.75 bits per heavy atom. The topological polar surface area (TPSA) is 81.4 Å². The average molecular weight is 248 g/mol. The zero-order valence-corrected chi connectivity index (χ0v) is 10.6. The number of carbonyl (C=O) groups is 2. The summed E-state index contributed by atoms with van der Waals surface area (Å²) in [6.07, 6.45) is 3.54. The van der Waals surface area contributed by atoms with Crippen molar-refractivity contribution in [3.8, 4) is 0 Å². The second kappa shape index (κ2) is 9.47. The van der Waals surface area contributed by atoms with Crippen molar-refractivity contribution in [2.45, 2.75) is 25.3 Å². The summed E-state index contributed by atoms with van der Waals surface area (Å²) < 4.78 is 4.48. The van der Waals surface area contributed by atoms with Gasteiger partial charge in [0.05, 0.1) is 13.2 Å². The van der Waals surface area contributed by atoms with E-state index < -0.39 is 6.04 Å². The predicted octanol–water partition coefficient (Wildman–Crippen LogP) is 0.136. The third-order valence-corrected chi connectivity index (χ3v) is 2.70. The Bertz CT molecular complexity index is 224. The maximum Gasteiger partial charge on any atom is 0.305 e. The molecule has 1 amide bonds. The number of hydrogen-bond donors (Lipinski definition) is 2. The number of amides is 1. The fraction of sp³-hybridized carbons (Fsp3) is 0.800. The van der Waals surface area contributed by atoms with E-state index in [0.717, 1.165) is 5.75 Å². The number of esters is 1. The van der Waals surface area contributed by atoms with Crippen molar-refractivity contribution in [3.63, 3.8) is 0 Å². The van der Waals surface area contributed by atoms with Crippen LogP contribution in [0.5, 0.6) is 0 Å². The van der Waals surface area contributed by atoms with Crippen LogP contribution in [0.3, 0.4) is 0 Å². The first-order valence-corrected chi connectivity index (χ1v) is 6.60. The van der Waals surface area contributed by atoms with E-state index in [0.29, 0.717) is 25.8 Å². The zero-order valence-electron chi connectivity index (χ0n) is 9.82. The van der Waals surface area contributed by atoms with Gasteiger partial charge in [0.1, 0.15) is 0 Å². The highest BCUT2D eigenvalue weighted by Crippen LogP contribution is 1.98. The van der Waals surface area contributed by atoms with Gasteiger partial charge in [-0.2, -0.15) is 11.8 Å². The second-order valence-electron chi connectivity index (χ2n) is 3.36. The molecule has 3 N–H and O–H groups in total. The third kappa shape index (κ3) is 7.53. The van der Waals surface area contributed by atoms with Crippen molar-refractivity contribution in [2.75, 3.05) is 25.7 Å². The highest BCUT2D eigenvalue weighted by atomic mass is 32.2. The Balaban J connectivity index is 3.53. The third-order valence-electron chi connectivity index (χ3n) is 2.05. The van der Waals surface area contributed by atoms with Gasteiger partial charge in [-0.15, -0.1) is 0 Å². The van der Waals surface area contributed by atoms with Gasteiger partial charge >= 0.3 is 5.97 Å². The van der Waals surface area contributed by atoms with Crippen molar-refractivity contribution < 1.29 is 14.3 Å². The fourth-order valence-corrected chi connectivity index (χ4v) is 1.54. The van der Waals surface area contributed by atoms with E-state index in [9.17, 15) is 9.59 Å². The Kier molecular flexibility index (Phi) is 9.03. The first-order valence-electron chi connectivity index (χ1n) is 5.20. The smallest absolute Gasteiger partial charge is 0.305 e. The summed E-state index contributed by atoms with van der Waals surface area (Å²) in [6.45, 7) is 0.459. The Morgan fingerprint density at radius 1 is 1.50 bits per heavy atom. The number of methoxy groups -OCH3 is 1. The molecule has 0 saturated carbocycles. The fourth-order valence-electron chi connectivity index (χ4n) is 1.05. The van der Waals surface area contributed by atoms with E-state index in [1.54, 1.807) is 11.8 Å². The van der Waals surface area contributed by atoms with Crippen LogP contribution in [0.25, 0.3) is 0 Å². The van der Waals surface area contributed by atoms with E-state index in [2.05, 4.69) is 10.1 Å². The predicted molar refractivity (Wildman–Crippen MR) is 65.2 cm³/mol. The maximum atomic E-state index is 11.4. The molecular formula is C10H20N2O3S. The molecule has 0 aliphatic rings. The lowest BCUT2D eigenvalue weighted by Gasteiger charge is -2.11. The minimum Gasteiger partial charge on any atom is -0.469 e. The monoisotopic (exact) mass is 248 g/mol. The number of thioether (sulfide) groups is 1. The van der Waals surface area contributed by atoms with Gasteiger partial charge in [0.15, 0.2) is 0 Å². The van der Waals surface area contributed by atoms with Gasteiger partial charge in [-0.1, -0.05) is 0 Å². The summed E-state index contributed by atoms with van der Waals surface area (Å²) in [4.78, 5) is 22.2. The molecule has 0 aromatic carbocycles. The van der Waals surface area contributed by atoms with Gasteiger partial charge in [0.25, 0.3) is 0 Å². The zero-order chi connectivity index (χ0) is 12.4. The molecule has 0 rings (SSSR count). The van der Waals surface area contributed by atoms with Crippen LogP contribution in [0.15, 0.2) is 0 Å². The van der Waals surface area contributed by atoms with Crippen molar-refractivity contribution in [1.29, 1.82) is 0 Å². The first kappa shape index (κ1) is 15.2. The lowest BCUT2D eigenvalue weighted by atomic mass is 10.2. The van der Waals surface area contributed by atoms with Crippen LogP contribution in [0, 0.1) is 0 Å². The Morgan fingerprint density at radius 2 is 2.19 bits per heavy atom. The largest absolute Gasteiger partial charge is 0.469 e. The van der Waals surface area contributed by atoms with Crippen LogP contribution in [0.1, 0.15) is 19.3 Å². The number of nitrogens with one attached hydrogen (secondary N) is 1. The minimum atomic E-state index is -0.453. The molecule has 0 fully saturated rings. The van der Waals surface area contributed by atoms with Crippen LogP contribution >= 0.6 is 11.8 Å². The van der Waals surface area contributed by atoms with Crippen LogP contribution in [0.2, 0.25) is 0 Å². The maximum absolute atomic E-state index is 11.4. The normalized spacial score (nSPS) is 11.9. The van der Waals surface area contributed by atoms with Crippen molar-refractivity contribution in [3.05, 3.63) is 0 Å². The van der Waals surface area contributed by atoms with Gasteiger partial charge in [0, 0.05) is 13.0 Å². The van der Waals surface area contributed by atoms with Crippen LogP contribution in [0.4, 0.5) is 0 Å². The molecule has 0 heterocycles. The van der Waals surface area contributed by atoms with E-state index in [4.69, 9.17) is 5.73 Å². The number of hydrogen-bond acceptors (Lipinski definition) is 5. The summed E-state index contributed by atoms with van der Waals surface area (Å²) in [5, 5.41) is 2.69. The van der Waals surface area contributed by atoms with Gasteiger partial charge in [0.2, 0.25) is 5.91 Å². The quantitative estimate of drug-likeness (QED) is 0.471. The highest BCUT2D eigenvalue weighted by molar-refractivity contribution is 7.98. The van der Waals surface area contributed by atoms with Crippen LogP contribution in [-0.2, 0) is 14.3 Å². The van der Waals surface area contributed by atoms with Gasteiger partial charge in [-0.3, -0.25) is 9.59 Å². The molecule has 0 aliphatic heterocycles. The number of rotatable bonds is 8. The van der Waals surface area contributed by atoms with Gasteiger partial charge < -0.3 is 15.8 Å². The standard InChI is InChI=1S/C10H20N2O3S/c1-15-9(13)4-3-6-12-10(14)8(11)5-7-16-2/h8H,3-7,11H2,1-2H3,(H,12,14)/t8-/m0/s1. The molecular weight excluding hydrogens is 228 g/mol. The molecule has 0 saturated heterocycles. The Labute approximate surface area is 100 Å². The minimum absolute atomic E-state index is 0.154. The highest BCUT2D eigenvalue weighted by Gasteiger charge is 2.11. The number of nitrogens with two attached hydrogens (primary N) is 1. The molecule has 0 aromatic heterocycles. The summed E-state index contributed by atoms with van der Waals surface area (Å²) in [6, 6.07) is -0.453. The van der Waals surface area contributed by atoms with E-state index in [1.165, 1.54) is 7.11 Å². The lowest BCUT2D eigenvalue weighted by molar-refractivity contribution is -0.140. The summed E-state index contributed by atoms with van der Waals surface area (Å²) in [5.74, 6) is 0.455. The average Bonchev–Trinajstić information content (AvgIpc) is 2.30. The van der Waals surface area contributed by atoms with E-state index >= 15 is 0 Å². The summed E-state index contributed by atoms with van der Waals surface area (Å²) in [5.41, 5.74) is 5.65.